The molecule has 0 saturated carbocycles. The van der Waals surface area contributed by atoms with Gasteiger partial charge >= 0.3 is 0 Å². The zero-order valence-electron chi connectivity index (χ0n) is 23.6. The third-order valence-corrected chi connectivity index (χ3v) is 9.09. The van der Waals surface area contributed by atoms with Crippen molar-refractivity contribution in [3.63, 3.8) is 0 Å². The van der Waals surface area contributed by atoms with Crippen LogP contribution in [0.1, 0.15) is 20.7 Å². The van der Waals surface area contributed by atoms with E-state index in [0.29, 0.717) is 26.8 Å². The van der Waals surface area contributed by atoms with Crippen LogP contribution in [0.4, 0.5) is 0 Å². The van der Waals surface area contributed by atoms with E-state index in [9.17, 15) is 9.59 Å². The van der Waals surface area contributed by atoms with Crippen LogP contribution in [0, 0.1) is 10.8 Å². The molecule has 6 rings (SSSR count). The molecule has 0 radical (unpaired) electrons. The van der Waals surface area contributed by atoms with Crippen molar-refractivity contribution in [1.29, 1.82) is 10.8 Å². The van der Waals surface area contributed by atoms with Gasteiger partial charge in [-0.2, -0.15) is 0 Å². The molecule has 6 aromatic rings. The van der Waals surface area contributed by atoms with E-state index in [1.54, 1.807) is 55.6 Å². The summed E-state index contributed by atoms with van der Waals surface area (Å²) in [7, 11) is 3.63. The molecular formula is C32H26Br2Cl2N6O2. The molecule has 0 saturated heterocycles. The predicted octanol–water partition coefficient (Wildman–Crippen LogP) is 7.52. The molecule has 224 valence electrons. The number of nitrogens with zero attached hydrogens (tertiary/aromatic N) is 4. The number of fused-ring (bicyclic) bond motifs is 2. The van der Waals surface area contributed by atoms with Crippen molar-refractivity contribution < 1.29 is 9.59 Å². The normalized spacial score (nSPS) is 11.0. The van der Waals surface area contributed by atoms with Gasteiger partial charge in [-0.15, -0.1) is 0 Å². The Bertz CT molecular complexity index is 2180. The van der Waals surface area contributed by atoms with Gasteiger partial charge in [0, 0.05) is 39.2 Å². The summed E-state index contributed by atoms with van der Waals surface area (Å²) >= 11 is 19.0. The van der Waals surface area contributed by atoms with Crippen LogP contribution < -0.4 is 11.2 Å². The number of nitrogens with one attached hydrogen (secondary N) is 2. The standard InChI is InChI=1S/C16H12BrCl2N3O.C16H14BrN3O/c1-21-15-11(17)3-2-4-13(15)22(16(21)20)8-14(23)10-6-5-9(18)7-12(10)19;1-19-15-12(17)8-5-9-13(15)20(16(19)18)10-14(21)11-6-3-2-4-7-11/h2-7,20H,8H2,1H3;2-9,18H,10H2,1H3. The molecule has 8 nitrogen and oxygen atoms in total. The van der Waals surface area contributed by atoms with Gasteiger partial charge in [0.2, 0.25) is 11.2 Å². The van der Waals surface area contributed by atoms with Crippen LogP contribution in [0.5, 0.6) is 0 Å². The van der Waals surface area contributed by atoms with E-state index < -0.39 is 0 Å². The number of imidazole rings is 2. The maximum Gasteiger partial charge on any atom is 0.203 e. The second-order valence-electron chi connectivity index (χ2n) is 9.99. The molecule has 44 heavy (non-hydrogen) atoms. The number of halogens is 4. The predicted molar refractivity (Wildman–Crippen MR) is 180 cm³/mol. The van der Waals surface area contributed by atoms with Gasteiger partial charge < -0.3 is 18.3 Å². The molecule has 0 atom stereocenters. The van der Waals surface area contributed by atoms with Crippen molar-refractivity contribution in [2.24, 2.45) is 14.1 Å². The van der Waals surface area contributed by atoms with Gasteiger partial charge in [-0.1, -0.05) is 65.7 Å². The Balaban J connectivity index is 0.000000175. The number of aromatic nitrogens is 4. The fourth-order valence-electron chi connectivity index (χ4n) is 5.03. The number of ketones is 2. The number of carbonyl (C=O) groups excluding carboxylic acids is 2. The molecule has 0 amide bonds. The maximum atomic E-state index is 12.6. The lowest BCUT2D eigenvalue weighted by atomic mass is 10.1. The fourth-order valence-corrected chi connectivity index (χ4v) is 6.79. The Morgan fingerprint density at radius 2 is 1.18 bits per heavy atom. The Kier molecular flexibility index (Phi) is 9.45. The van der Waals surface area contributed by atoms with Gasteiger partial charge in [0.05, 0.1) is 40.2 Å². The highest BCUT2D eigenvalue weighted by Crippen LogP contribution is 2.25. The lowest BCUT2D eigenvalue weighted by Gasteiger charge is -2.06. The van der Waals surface area contributed by atoms with E-state index in [1.807, 2.05) is 61.6 Å². The molecule has 2 heterocycles. The van der Waals surface area contributed by atoms with Gasteiger partial charge in [-0.3, -0.25) is 20.4 Å². The van der Waals surface area contributed by atoms with Gasteiger partial charge in [0.25, 0.3) is 0 Å². The molecule has 0 bridgehead atoms. The van der Waals surface area contributed by atoms with Crippen molar-refractivity contribution in [2.75, 3.05) is 0 Å². The molecule has 12 heteroatoms. The highest BCUT2D eigenvalue weighted by molar-refractivity contribution is 9.11. The van der Waals surface area contributed by atoms with E-state index in [4.69, 9.17) is 34.0 Å². The number of Topliss-reactive ketones (excluding diaryl/α,β-unsaturated/α-hetero) is 2. The number of aryl methyl sites for hydroxylation is 2. The molecule has 0 aliphatic rings. The number of hydrogen-bond donors (Lipinski definition) is 2. The summed E-state index contributed by atoms with van der Waals surface area (Å²) in [5, 5.41) is 17.3. The summed E-state index contributed by atoms with van der Waals surface area (Å²) in [4.78, 5) is 25.0. The molecule has 0 unspecified atom stereocenters. The summed E-state index contributed by atoms with van der Waals surface area (Å²) in [6, 6.07) is 25.4. The van der Waals surface area contributed by atoms with Crippen molar-refractivity contribution in [3.05, 3.63) is 126 Å². The number of hydrogen-bond acceptors (Lipinski definition) is 4. The summed E-state index contributed by atoms with van der Waals surface area (Å²) < 4.78 is 8.69. The molecule has 0 spiro atoms. The highest BCUT2D eigenvalue weighted by atomic mass is 79.9. The highest BCUT2D eigenvalue weighted by Gasteiger charge is 2.17. The summed E-state index contributed by atoms with van der Waals surface area (Å²) in [5.74, 6) is -0.167. The first-order valence-corrected chi connectivity index (χ1v) is 15.7. The summed E-state index contributed by atoms with van der Waals surface area (Å²) in [6.07, 6.45) is 0. The molecule has 4 aromatic carbocycles. The Morgan fingerprint density at radius 3 is 1.68 bits per heavy atom. The average molecular weight is 757 g/mol. The first kappa shape index (κ1) is 31.7. The van der Waals surface area contributed by atoms with Crippen LogP contribution in [0.15, 0.2) is 93.9 Å². The van der Waals surface area contributed by atoms with E-state index in [0.717, 1.165) is 31.0 Å². The first-order chi connectivity index (χ1) is 21.0. The number of carbonyl (C=O) groups is 2. The Hall–Kier alpha value is -3.70. The summed E-state index contributed by atoms with van der Waals surface area (Å²) in [6.45, 7) is 0.199. The zero-order chi connectivity index (χ0) is 31.7. The second kappa shape index (κ2) is 13.1. The minimum absolute atomic E-state index is 0.00146. The van der Waals surface area contributed by atoms with Crippen LogP contribution in [0.2, 0.25) is 10.0 Å². The van der Waals surface area contributed by atoms with Gasteiger partial charge in [0.1, 0.15) is 0 Å². The average Bonchev–Trinajstić information content (AvgIpc) is 3.39. The SMILES string of the molecule is Cn1c(=N)n(CC(=O)c2ccc(Cl)cc2Cl)c2cccc(Br)c21.Cn1c(=N)n(CC(=O)c2ccccc2)c2cccc(Br)c21. The Morgan fingerprint density at radius 1 is 0.682 bits per heavy atom. The van der Waals surface area contributed by atoms with E-state index >= 15 is 0 Å². The molecule has 0 aliphatic carbocycles. The van der Waals surface area contributed by atoms with Crippen molar-refractivity contribution >= 4 is 88.7 Å². The number of benzene rings is 4. The molecular weight excluding hydrogens is 731 g/mol. The quantitative estimate of drug-likeness (QED) is 0.172. The van der Waals surface area contributed by atoms with Crippen molar-refractivity contribution in [1.82, 2.24) is 18.3 Å². The van der Waals surface area contributed by atoms with Crippen molar-refractivity contribution in [2.45, 2.75) is 13.1 Å². The minimum Gasteiger partial charge on any atom is -0.313 e. The number of rotatable bonds is 6. The molecule has 0 aliphatic heterocycles. The number of para-hydroxylation sites is 2. The van der Waals surface area contributed by atoms with Crippen LogP contribution in [-0.4, -0.2) is 29.8 Å². The van der Waals surface area contributed by atoms with E-state index in [2.05, 4.69) is 31.9 Å². The third-order valence-electron chi connectivity index (χ3n) is 7.26. The minimum atomic E-state index is -0.169. The molecule has 2 aromatic heterocycles. The van der Waals surface area contributed by atoms with Gasteiger partial charge in [-0.05, 0) is 74.3 Å². The second-order valence-corrected chi connectivity index (χ2v) is 12.5. The zero-order valence-corrected chi connectivity index (χ0v) is 28.3. The Labute approximate surface area is 279 Å². The summed E-state index contributed by atoms with van der Waals surface area (Å²) in [5.41, 5.74) is 5.08. The smallest absolute Gasteiger partial charge is 0.203 e. The fraction of sp³-hybridized carbons (Fsp3) is 0.125. The molecule has 0 fully saturated rings. The maximum absolute atomic E-state index is 12.6. The van der Waals surface area contributed by atoms with E-state index in [-0.39, 0.29) is 30.3 Å². The lowest BCUT2D eigenvalue weighted by Crippen LogP contribution is -2.26. The van der Waals surface area contributed by atoms with Gasteiger partial charge in [0.15, 0.2) is 11.6 Å². The topological polar surface area (TPSA) is 102 Å². The lowest BCUT2D eigenvalue weighted by molar-refractivity contribution is 0.0963. The van der Waals surface area contributed by atoms with Crippen molar-refractivity contribution in [3.8, 4) is 0 Å². The van der Waals surface area contributed by atoms with Crippen LogP contribution in [0.3, 0.4) is 0 Å². The van der Waals surface area contributed by atoms with Crippen LogP contribution >= 0.6 is 55.1 Å². The van der Waals surface area contributed by atoms with Crippen LogP contribution in [-0.2, 0) is 27.2 Å². The van der Waals surface area contributed by atoms with E-state index in [1.165, 1.54) is 0 Å². The van der Waals surface area contributed by atoms with Gasteiger partial charge in [-0.25, -0.2) is 0 Å². The molecule has 2 N–H and O–H groups in total. The largest absolute Gasteiger partial charge is 0.313 e. The first-order valence-electron chi connectivity index (χ1n) is 13.3. The van der Waals surface area contributed by atoms with Crippen LogP contribution in [0.25, 0.3) is 22.1 Å². The third kappa shape index (κ3) is 6.12. The monoisotopic (exact) mass is 754 g/mol.